The van der Waals surface area contributed by atoms with Gasteiger partial charge in [-0.1, -0.05) is 12.8 Å². The van der Waals surface area contributed by atoms with Crippen molar-refractivity contribution in [3.63, 3.8) is 0 Å². The summed E-state index contributed by atoms with van der Waals surface area (Å²) in [4.78, 5) is 19.5. The molecule has 2 aromatic rings. The summed E-state index contributed by atoms with van der Waals surface area (Å²) in [7, 11) is 0. The molecule has 2 atom stereocenters. The lowest BCUT2D eigenvalue weighted by molar-refractivity contribution is -0.138. The van der Waals surface area contributed by atoms with Gasteiger partial charge in [0.1, 0.15) is 31.9 Å². The molecule has 1 spiro atoms. The summed E-state index contributed by atoms with van der Waals surface area (Å²) < 4.78 is 13.3. The Kier molecular flexibility index (Phi) is 4.07. The molecular weight excluding hydrogens is 356 g/mol. The van der Waals surface area contributed by atoms with E-state index in [1.54, 1.807) is 11.0 Å². The van der Waals surface area contributed by atoms with E-state index in [9.17, 15) is 4.79 Å². The van der Waals surface area contributed by atoms with Crippen molar-refractivity contribution in [1.82, 2.24) is 19.7 Å². The van der Waals surface area contributed by atoms with Gasteiger partial charge in [0.05, 0.1) is 6.04 Å². The SMILES string of the molecule is CC1c2cc3c(cc2C2(CCCC2)CN1C(=O)C(C)n1cncn1)OCCO3. The Morgan fingerprint density at radius 2 is 1.93 bits per heavy atom. The van der Waals surface area contributed by atoms with Crippen molar-refractivity contribution in [3.8, 4) is 11.5 Å². The van der Waals surface area contributed by atoms with Crippen molar-refractivity contribution in [3.05, 3.63) is 35.9 Å². The van der Waals surface area contributed by atoms with E-state index in [4.69, 9.17) is 9.47 Å². The average molecular weight is 382 g/mol. The number of ether oxygens (including phenoxy) is 2. The van der Waals surface area contributed by atoms with E-state index < -0.39 is 0 Å². The lowest BCUT2D eigenvalue weighted by atomic mass is 9.71. The van der Waals surface area contributed by atoms with E-state index in [1.807, 2.05) is 11.8 Å². The maximum Gasteiger partial charge on any atom is 0.247 e. The Morgan fingerprint density at radius 1 is 1.21 bits per heavy atom. The van der Waals surface area contributed by atoms with Gasteiger partial charge in [-0.3, -0.25) is 4.79 Å². The number of aromatic nitrogens is 3. The van der Waals surface area contributed by atoms with Crippen LogP contribution >= 0.6 is 0 Å². The minimum atomic E-state index is -0.373. The van der Waals surface area contributed by atoms with Gasteiger partial charge in [-0.05, 0) is 49.9 Å². The molecule has 0 saturated heterocycles. The highest BCUT2D eigenvalue weighted by molar-refractivity contribution is 5.81. The van der Waals surface area contributed by atoms with Gasteiger partial charge in [0, 0.05) is 12.0 Å². The number of amides is 1. The number of benzene rings is 1. The fourth-order valence-electron chi connectivity index (χ4n) is 5.14. The predicted octanol–water partition coefficient (Wildman–Crippen LogP) is 3.03. The third kappa shape index (κ3) is 2.59. The molecule has 2 unspecified atom stereocenters. The molecule has 148 valence electrons. The lowest BCUT2D eigenvalue weighted by Crippen LogP contribution is -2.50. The van der Waals surface area contributed by atoms with E-state index in [0.717, 1.165) is 30.9 Å². The number of fused-ring (bicyclic) bond motifs is 3. The molecule has 0 N–H and O–H groups in total. The normalized spacial score (nSPS) is 23.5. The molecule has 1 aromatic heterocycles. The molecule has 1 fully saturated rings. The molecule has 1 saturated carbocycles. The van der Waals surface area contributed by atoms with Gasteiger partial charge in [-0.15, -0.1) is 0 Å². The third-order valence-corrected chi connectivity index (χ3v) is 6.71. The fraction of sp³-hybridized carbons (Fsp3) is 0.571. The van der Waals surface area contributed by atoms with Gasteiger partial charge in [-0.25, -0.2) is 9.67 Å². The van der Waals surface area contributed by atoms with Crippen LogP contribution in [0.15, 0.2) is 24.8 Å². The van der Waals surface area contributed by atoms with Crippen LogP contribution in [0.3, 0.4) is 0 Å². The topological polar surface area (TPSA) is 69.5 Å². The van der Waals surface area contributed by atoms with E-state index in [0.29, 0.717) is 13.2 Å². The molecule has 3 aliphatic rings. The van der Waals surface area contributed by atoms with Crippen molar-refractivity contribution < 1.29 is 14.3 Å². The van der Waals surface area contributed by atoms with Crippen LogP contribution in [0.5, 0.6) is 11.5 Å². The Balaban J connectivity index is 1.57. The number of hydrogen-bond acceptors (Lipinski definition) is 5. The number of rotatable bonds is 2. The van der Waals surface area contributed by atoms with Crippen LogP contribution in [0.4, 0.5) is 0 Å². The number of carbonyl (C=O) groups excluding carboxylic acids is 1. The maximum absolute atomic E-state index is 13.4. The second-order valence-electron chi connectivity index (χ2n) is 8.26. The van der Waals surface area contributed by atoms with Crippen molar-refractivity contribution in [1.29, 1.82) is 0 Å². The molecule has 5 rings (SSSR count). The molecule has 0 radical (unpaired) electrons. The zero-order chi connectivity index (χ0) is 19.3. The van der Waals surface area contributed by atoms with Crippen LogP contribution in [0.1, 0.15) is 62.7 Å². The Morgan fingerprint density at radius 3 is 2.61 bits per heavy atom. The molecule has 2 aliphatic heterocycles. The largest absolute Gasteiger partial charge is 0.486 e. The highest BCUT2D eigenvalue weighted by atomic mass is 16.6. The summed E-state index contributed by atoms with van der Waals surface area (Å²) in [6, 6.07) is 3.90. The quantitative estimate of drug-likeness (QED) is 0.799. The van der Waals surface area contributed by atoms with E-state index >= 15 is 0 Å². The van der Waals surface area contributed by atoms with Gasteiger partial charge < -0.3 is 14.4 Å². The molecule has 1 amide bonds. The van der Waals surface area contributed by atoms with Gasteiger partial charge in [0.15, 0.2) is 11.5 Å². The molecule has 28 heavy (non-hydrogen) atoms. The zero-order valence-corrected chi connectivity index (χ0v) is 16.4. The second kappa shape index (κ2) is 6.50. The summed E-state index contributed by atoms with van der Waals surface area (Å²) >= 11 is 0. The fourth-order valence-corrected chi connectivity index (χ4v) is 5.14. The molecular formula is C21H26N4O3. The summed E-state index contributed by atoms with van der Waals surface area (Å²) in [5, 5.41) is 4.17. The zero-order valence-electron chi connectivity index (χ0n) is 16.4. The van der Waals surface area contributed by atoms with Crippen molar-refractivity contribution in [2.24, 2.45) is 0 Å². The van der Waals surface area contributed by atoms with Crippen molar-refractivity contribution in [2.45, 2.75) is 57.0 Å². The van der Waals surface area contributed by atoms with Crippen LogP contribution in [-0.2, 0) is 10.2 Å². The van der Waals surface area contributed by atoms with Crippen LogP contribution in [-0.4, -0.2) is 45.3 Å². The summed E-state index contributed by atoms with van der Waals surface area (Å²) in [6.07, 6.45) is 7.69. The van der Waals surface area contributed by atoms with E-state index in [2.05, 4.69) is 29.1 Å². The molecule has 0 bridgehead atoms. The second-order valence-corrected chi connectivity index (χ2v) is 8.26. The number of nitrogens with zero attached hydrogens (tertiary/aromatic N) is 4. The van der Waals surface area contributed by atoms with E-state index in [-0.39, 0.29) is 23.4 Å². The molecule has 1 aromatic carbocycles. The monoisotopic (exact) mass is 382 g/mol. The first-order valence-electron chi connectivity index (χ1n) is 10.2. The van der Waals surface area contributed by atoms with Crippen molar-refractivity contribution >= 4 is 5.91 Å². The van der Waals surface area contributed by atoms with Crippen molar-refractivity contribution in [2.75, 3.05) is 19.8 Å². The first-order valence-corrected chi connectivity index (χ1v) is 10.2. The standard InChI is InChI=1S/C21H26N4O3/c1-14-16-9-18-19(28-8-7-27-18)10-17(16)21(5-3-4-6-21)11-24(14)20(26)15(2)25-13-22-12-23-25/h9-10,12-15H,3-8,11H2,1-2H3. The number of hydrogen-bond donors (Lipinski definition) is 0. The van der Waals surface area contributed by atoms with Gasteiger partial charge in [0.2, 0.25) is 5.91 Å². The Bertz CT molecular complexity index is 889. The first kappa shape index (κ1) is 17.5. The average Bonchev–Trinajstić information content (AvgIpc) is 3.41. The third-order valence-electron chi connectivity index (χ3n) is 6.71. The summed E-state index contributed by atoms with van der Waals surface area (Å²) in [5.41, 5.74) is 2.55. The highest BCUT2D eigenvalue weighted by Gasteiger charge is 2.47. The minimum absolute atomic E-state index is 0.00935. The van der Waals surface area contributed by atoms with Crippen LogP contribution in [0, 0.1) is 0 Å². The Hall–Kier alpha value is -2.57. The van der Waals surface area contributed by atoms with Gasteiger partial charge in [0.25, 0.3) is 0 Å². The molecule has 7 heteroatoms. The predicted molar refractivity (Wildman–Crippen MR) is 102 cm³/mol. The Labute approximate surface area is 164 Å². The van der Waals surface area contributed by atoms with Crippen LogP contribution in [0.2, 0.25) is 0 Å². The minimum Gasteiger partial charge on any atom is -0.486 e. The van der Waals surface area contributed by atoms with Crippen LogP contribution in [0.25, 0.3) is 0 Å². The van der Waals surface area contributed by atoms with Crippen LogP contribution < -0.4 is 9.47 Å². The molecule has 7 nitrogen and oxygen atoms in total. The summed E-state index contributed by atoms with van der Waals surface area (Å²) in [6.45, 7) is 5.91. The van der Waals surface area contributed by atoms with Gasteiger partial charge in [-0.2, -0.15) is 5.10 Å². The maximum atomic E-state index is 13.4. The molecule has 1 aliphatic carbocycles. The smallest absolute Gasteiger partial charge is 0.247 e. The first-order chi connectivity index (χ1) is 13.6. The summed E-state index contributed by atoms with van der Waals surface area (Å²) in [5.74, 6) is 1.73. The van der Waals surface area contributed by atoms with E-state index in [1.165, 1.54) is 30.3 Å². The van der Waals surface area contributed by atoms with Gasteiger partial charge >= 0.3 is 0 Å². The lowest BCUT2D eigenvalue weighted by Gasteiger charge is -2.47. The number of carbonyl (C=O) groups is 1. The molecule has 3 heterocycles. The highest BCUT2D eigenvalue weighted by Crippen LogP contribution is 2.52.